The Bertz CT molecular complexity index is 1180. The molecule has 3 heterocycles. The molecule has 0 atom stereocenters. The zero-order chi connectivity index (χ0) is 19.3. The molecule has 2 aliphatic rings. The average Bonchev–Trinajstić information content (AvgIpc) is 3.16. The molecule has 0 saturated heterocycles. The fraction of sp³-hybridized carbons (Fsp3) is 0.421. The second kappa shape index (κ2) is 6.43. The summed E-state index contributed by atoms with van der Waals surface area (Å²) in [5, 5.41) is 7.46. The quantitative estimate of drug-likeness (QED) is 0.718. The van der Waals surface area contributed by atoms with Crippen LogP contribution >= 0.6 is 0 Å². The van der Waals surface area contributed by atoms with Gasteiger partial charge in [0.2, 0.25) is 0 Å². The van der Waals surface area contributed by atoms with Crippen molar-refractivity contribution in [3.63, 3.8) is 0 Å². The van der Waals surface area contributed by atoms with Gasteiger partial charge in [0.1, 0.15) is 11.5 Å². The number of H-pyrrole nitrogens is 1. The topological polar surface area (TPSA) is 115 Å². The lowest BCUT2D eigenvalue weighted by Crippen LogP contribution is -2.30. The lowest BCUT2D eigenvalue weighted by Gasteiger charge is -2.14. The number of carbonyl (C=O) groups is 1. The summed E-state index contributed by atoms with van der Waals surface area (Å²) in [5.74, 6) is 0.270. The van der Waals surface area contributed by atoms with Gasteiger partial charge in [0, 0.05) is 18.3 Å². The first-order valence-electron chi connectivity index (χ1n) is 9.61. The lowest BCUT2D eigenvalue weighted by molar-refractivity contribution is 0.102. The van der Waals surface area contributed by atoms with Crippen LogP contribution in [-0.4, -0.2) is 30.2 Å². The number of carbonyl (C=O) groups excluding carboxylic acids is 1. The fourth-order valence-electron chi connectivity index (χ4n) is 3.97. The summed E-state index contributed by atoms with van der Waals surface area (Å²) in [5.41, 5.74) is -0.401. The molecule has 9 nitrogen and oxygen atoms in total. The Morgan fingerprint density at radius 3 is 2.68 bits per heavy atom. The van der Waals surface area contributed by atoms with E-state index in [1.807, 2.05) is 4.68 Å². The third-order valence-electron chi connectivity index (χ3n) is 5.54. The standard InChI is InChI=1S/C19H20N6O3/c26-17(22-15-7-8-21-25(15)13-3-1-2-4-13)11-9-14-16(20-10-11)24(12-5-6-12)19(28)23-18(14)27/h7-10,12-13H,1-6H2,(H,22,26)(H,23,27,28). The molecule has 2 aliphatic carbocycles. The minimum absolute atomic E-state index is 0.0692. The first-order chi connectivity index (χ1) is 13.6. The van der Waals surface area contributed by atoms with E-state index in [4.69, 9.17) is 0 Å². The molecule has 0 spiro atoms. The van der Waals surface area contributed by atoms with Crippen molar-refractivity contribution in [3.05, 3.63) is 50.9 Å². The molecule has 3 aromatic heterocycles. The summed E-state index contributed by atoms with van der Waals surface area (Å²) in [6.07, 6.45) is 9.28. The van der Waals surface area contributed by atoms with Crippen molar-refractivity contribution in [2.45, 2.75) is 50.6 Å². The molecule has 1 amide bonds. The zero-order valence-electron chi connectivity index (χ0n) is 15.2. The van der Waals surface area contributed by atoms with Crippen molar-refractivity contribution < 1.29 is 4.79 Å². The van der Waals surface area contributed by atoms with E-state index in [0.717, 1.165) is 38.5 Å². The minimum atomic E-state index is -0.532. The number of fused-ring (bicyclic) bond motifs is 1. The number of nitrogens with zero attached hydrogens (tertiary/aromatic N) is 4. The number of hydrogen-bond acceptors (Lipinski definition) is 5. The van der Waals surface area contributed by atoms with E-state index in [1.165, 1.54) is 16.8 Å². The molecule has 0 unspecified atom stereocenters. The van der Waals surface area contributed by atoms with Crippen LogP contribution in [-0.2, 0) is 0 Å². The molecule has 144 valence electrons. The molecule has 2 fully saturated rings. The van der Waals surface area contributed by atoms with Crippen LogP contribution in [0.2, 0.25) is 0 Å². The van der Waals surface area contributed by atoms with Crippen LogP contribution in [0.5, 0.6) is 0 Å². The number of nitrogens with one attached hydrogen (secondary N) is 2. The highest BCUT2D eigenvalue weighted by Crippen LogP contribution is 2.35. The number of aromatic amines is 1. The largest absolute Gasteiger partial charge is 0.330 e. The Hall–Kier alpha value is -3.23. The van der Waals surface area contributed by atoms with E-state index in [9.17, 15) is 14.4 Å². The molecule has 9 heteroatoms. The molecule has 0 bridgehead atoms. The Labute approximate surface area is 159 Å². The van der Waals surface area contributed by atoms with Crippen LogP contribution in [0.15, 0.2) is 34.1 Å². The van der Waals surface area contributed by atoms with Gasteiger partial charge in [-0.3, -0.25) is 19.1 Å². The highest BCUT2D eigenvalue weighted by molar-refractivity contribution is 6.05. The number of amides is 1. The molecule has 5 rings (SSSR count). The van der Waals surface area contributed by atoms with E-state index >= 15 is 0 Å². The molecule has 28 heavy (non-hydrogen) atoms. The number of aromatic nitrogens is 5. The van der Waals surface area contributed by atoms with Gasteiger partial charge in [-0.05, 0) is 31.7 Å². The van der Waals surface area contributed by atoms with Crippen molar-refractivity contribution in [3.8, 4) is 0 Å². The smallest absolute Gasteiger partial charge is 0.307 e. The molecule has 3 aromatic rings. The SMILES string of the molecule is O=C(Nc1ccnn1C1CCCC1)c1cnc2c(c1)c(=O)[nH]c(=O)n2C1CC1. The summed E-state index contributed by atoms with van der Waals surface area (Å²) < 4.78 is 3.37. The summed E-state index contributed by atoms with van der Waals surface area (Å²) in [7, 11) is 0. The zero-order valence-corrected chi connectivity index (χ0v) is 15.2. The average molecular weight is 380 g/mol. The number of rotatable bonds is 4. The highest BCUT2D eigenvalue weighted by Gasteiger charge is 2.28. The van der Waals surface area contributed by atoms with Crippen molar-refractivity contribution in [2.75, 3.05) is 5.32 Å². The van der Waals surface area contributed by atoms with Crippen molar-refractivity contribution in [1.82, 2.24) is 24.3 Å². The van der Waals surface area contributed by atoms with Crippen molar-refractivity contribution >= 4 is 22.8 Å². The van der Waals surface area contributed by atoms with Gasteiger partial charge < -0.3 is 5.32 Å². The van der Waals surface area contributed by atoms with Crippen molar-refractivity contribution in [1.29, 1.82) is 0 Å². The first kappa shape index (κ1) is 16.9. The monoisotopic (exact) mass is 380 g/mol. The van der Waals surface area contributed by atoms with Crippen molar-refractivity contribution in [2.24, 2.45) is 0 Å². The molecular weight excluding hydrogens is 360 g/mol. The molecule has 0 radical (unpaired) electrons. The van der Waals surface area contributed by atoms with Gasteiger partial charge >= 0.3 is 5.69 Å². The molecule has 2 saturated carbocycles. The summed E-state index contributed by atoms with van der Waals surface area (Å²) in [6.45, 7) is 0. The summed E-state index contributed by atoms with van der Waals surface area (Å²) in [6, 6.07) is 3.63. The van der Waals surface area contributed by atoms with Crippen LogP contribution in [0.1, 0.15) is 61.0 Å². The van der Waals surface area contributed by atoms with Gasteiger partial charge in [0.05, 0.1) is 23.2 Å². The van der Waals surface area contributed by atoms with Crippen LogP contribution in [0.25, 0.3) is 11.0 Å². The first-order valence-corrected chi connectivity index (χ1v) is 9.61. The Morgan fingerprint density at radius 2 is 1.93 bits per heavy atom. The lowest BCUT2D eigenvalue weighted by atomic mass is 10.2. The highest BCUT2D eigenvalue weighted by atomic mass is 16.2. The fourth-order valence-corrected chi connectivity index (χ4v) is 3.97. The van der Waals surface area contributed by atoms with Gasteiger partial charge in [-0.15, -0.1) is 0 Å². The van der Waals surface area contributed by atoms with Gasteiger partial charge in [0.25, 0.3) is 11.5 Å². The Balaban J connectivity index is 1.48. The summed E-state index contributed by atoms with van der Waals surface area (Å²) in [4.78, 5) is 43.7. The summed E-state index contributed by atoms with van der Waals surface area (Å²) >= 11 is 0. The van der Waals surface area contributed by atoms with Crippen LogP contribution in [0.3, 0.4) is 0 Å². The van der Waals surface area contributed by atoms with Gasteiger partial charge in [-0.2, -0.15) is 5.10 Å². The number of anilines is 1. The maximum atomic E-state index is 12.8. The molecule has 0 aromatic carbocycles. The maximum absolute atomic E-state index is 12.8. The normalized spacial score (nSPS) is 17.3. The van der Waals surface area contributed by atoms with E-state index in [0.29, 0.717) is 17.5 Å². The third-order valence-corrected chi connectivity index (χ3v) is 5.54. The van der Waals surface area contributed by atoms with Gasteiger partial charge in [-0.1, -0.05) is 12.8 Å². The molecule has 2 N–H and O–H groups in total. The van der Waals surface area contributed by atoms with Crippen LogP contribution in [0, 0.1) is 0 Å². The predicted octanol–water partition coefficient (Wildman–Crippen LogP) is 1.98. The van der Waals surface area contributed by atoms with Gasteiger partial charge in [-0.25, -0.2) is 14.5 Å². The minimum Gasteiger partial charge on any atom is -0.307 e. The Morgan fingerprint density at radius 1 is 1.14 bits per heavy atom. The second-order valence-electron chi connectivity index (χ2n) is 7.51. The second-order valence-corrected chi connectivity index (χ2v) is 7.51. The van der Waals surface area contributed by atoms with E-state index in [1.54, 1.807) is 12.3 Å². The van der Waals surface area contributed by atoms with E-state index in [2.05, 4.69) is 20.4 Å². The van der Waals surface area contributed by atoms with E-state index < -0.39 is 11.2 Å². The van der Waals surface area contributed by atoms with E-state index in [-0.39, 0.29) is 22.9 Å². The Kier molecular flexibility index (Phi) is 3.88. The van der Waals surface area contributed by atoms with Crippen LogP contribution < -0.4 is 16.6 Å². The number of hydrogen-bond donors (Lipinski definition) is 2. The van der Waals surface area contributed by atoms with Gasteiger partial charge in [0.15, 0.2) is 0 Å². The van der Waals surface area contributed by atoms with Crippen LogP contribution in [0.4, 0.5) is 5.82 Å². The number of pyridine rings is 1. The molecular formula is C19H20N6O3. The third kappa shape index (κ3) is 2.83. The molecule has 0 aliphatic heterocycles. The predicted molar refractivity (Wildman–Crippen MR) is 103 cm³/mol. The maximum Gasteiger partial charge on any atom is 0.330 e.